The van der Waals surface area contributed by atoms with E-state index >= 15 is 0 Å². The highest BCUT2D eigenvalue weighted by molar-refractivity contribution is 5.83. The summed E-state index contributed by atoms with van der Waals surface area (Å²) in [5, 5.41) is 0. The Morgan fingerprint density at radius 2 is 1.78 bits per heavy atom. The summed E-state index contributed by atoms with van der Waals surface area (Å²) in [5.41, 5.74) is 4.71. The van der Waals surface area contributed by atoms with Gasteiger partial charge in [-0.25, -0.2) is 4.98 Å². The first kappa shape index (κ1) is 21.6. The number of carbonyl (C=O) groups is 1. The molecule has 0 spiro atoms. The fourth-order valence-corrected chi connectivity index (χ4v) is 3.94. The molecule has 0 aliphatic heterocycles. The standard InChI is InChI=1S/C27H28N2O3/c1-4-23(21-8-6-5-7-9-21)27(30)29(17-20-11-13-22(31-3)14-12-20)18-26-28-24-16-19(2)10-15-25(24)32-26/h5-16,23H,4,17-18H2,1-3H3/t23-/m0/s1. The number of aryl methyl sites for hydroxylation is 1. The maximum Gasteiger partial charge on any atom is 0.230 e. The SMILES string of the molecule is CC[C@H](C(=O)N(Cc1ccc(OC)cc1)Cc1nc2cc(C)ccc2o1)c1ccccc1. The van der Waals surface area contributed by atoms with Crippen molar-refractivity contribution in [1.29, 1.82) is 0 Å². The minimum absolute atomic E-state index is 0.0629. The molecular formula is C27H28N2O3. The molecule has 1 atom stereocenters. The zero-order chi connectivity index (χ0) is 22.5. The molecule has 0 saturated carbocycles. The van der Waals surface area contributed by atoms with Crippen LogP contribution >= 0.6 is 0 Å². The maximum absolute atomic E-state index is 13.7. The molecule has 0 unspecified atom stereocenters. The molecule has 0 bridgehead atoms. The Bertz CT molecular complexity index is 1180. The Morgan fingerprint density at radius 3 is 2.47 bits per heavy atom. The number of oxazole rings is 1. The number of carbonyl (C=O) groups excluding carboxylic acids is 1. The van der Waals surface area contributed by atoms with Crippen LogP contribution in [-0.2, 0) is 17.9 Å². The second-order valence-corrected chi connectivity index (χ2v) is 7.99. The first-order valence-electron chi connectivity index (χ1n) is 10.9. The molecule has 1 heterocycles. The highest BCUT2D eigenvalue weighted by Gasteiger charge is 2.26. The van der Waals surface area contributed by atoms with Crippen molar-refractivity contribution in [2.24, 2.45) is 0 Å². The number of ether oxygens (including phenoxy) is 1. The topological polar surface area (TPSA) is 55.6 Å². The number of fused-ring (bicyclic) bond motifs is 1. The second-order valence-electron chi connectivity index (χ2n) is 7.99. The fourth-order valence-electron chi connectivity index (χ4n) is 3.94. The molecule has 0 aliphatic carbocycles. The molecule has 164 valence electrons. The van der Waals surface area contributed by atoms with Crippen molar-refractivity contribution in [3.05, 3.63) is 95.4 Å². The van der Waals surface area contributed by atoms with E-state index in [0.29, 0.717) is 25.4 Å². The van der Waals surface area contributed by atoms with E-state index in [9.17, 15) is 4.79 Å². The molecule has 0 radical (unpaired) electrons. The lowest BCUT2D eigenvalue weighted by atomic mass is 9.94. The third-order valence-corrected chi connectivity index (χ3v) is 5.67. The van der Waals surface area contributed by atoms with Crippen LogP contribution in [0.2, 0.25) is 0 Å². The molecule has 0 aliphatic rings. The molecule has 4 aromatic rings. The van der Waals surface area contributed by atoms with E-state index in [1.165, 1.54) is 0 Å². The van der Waals surface area contributed by atoms with Gasteiger partial charge in [-0.05, 0) is 54.3 Å². The van der Waals surface area contributed by atoms with Gasteiger partial charge in [0.05, 0.1) is 19.6 Å². The van der Waals surface area contributed by atoms with Gasteiger partial charge in [-0.3, -0.25) is 4.79 Å². The van der Waals surface area contributed by atoms with Gasteiger partial charge < -0.3 is 14.1 Å². The summed E-state index contributed by atoms with van der Waals surface area (Å²) < 4.78 is 11.2. The van der Waals surface area contributed by atoms with E-state index in [-0.39, 0.29) is 11.8 Å². The van der Waals surface area contributed by atoms with Gasteiger partial charge >= 0.3 is 0 Å². The molecule has 5 heteroatoms. The number of hydrogen-bond donors (Lipinski definition) is 0. The van der Waals surface area contributed by atoms with E-state index < -0.39 is 0 Å². The highest BCUT2D eigenvalue weighted by atomic mass is 16.5. The van der Waals surface area contributed by atoms with Crippen molar-refractivity contribution in [1.82, 2.24) is 9.88 Å². The van der Waals surface area contributed by atoms with Crippen LogP contribution in [0.15, 0.2) is 77.2 Å². The van der Waals surface area contributed by atoms with Crippen LogP contribution in [0.25, 0.3) is 11.1 Å². The van der Waals surface area contributed by atoms with Crippen LogP contribution < -0.4 is 4.74 Å². The average molecular weight is 429 g/mol. The zero-order valence-corrected chi connectivity index (χ0v) is 18.7. The quantitative estimate of drug-likeness (QED) is 0.352. The number of hydrogen-bond acceptors (Lipinski definition) is 4. The van der Waals surface area contributed by atoms with Gasteiger partial charge in [0.15, 0.2) is 5.58 Å². The molecule has 5 nitrogen and oxygen atoms in total. The summed E-state index contributed by atoms with van der Waals surface area (Å²) in [5.74, 6) is 1.17. The van der Waals surface area contributed by atoms with E-state index in [4.69, 9.17) is 9.15 Å². The minimum atomic E-state index is -0.221. The van der Waals surface area contributed by atoms with Gasteiger partial charge in [-0.1, -0.05) is 55.5 Å². The molecule has 1 amide bonds. The van der Waals surface area contributed by atoms with Gasteiger partial charge in [0.2, 0.25) is 11.8 Å². The monoisotopic (exact) mass is 428 g/mol. The molecule has 3 aromatic carbocycles. The van der Waals surface area contributed by atoms with E-state index in [1.54, 1.807) is 7.11 Å². The van der Waals surface area contributed by atoms with Crippen LogP contribution in [0.4, 0.5) is 0 Å². The first-order valence-corrected chi connectivity index (χ1v) is 10.9. The summed E-state index contributed by atoms with van der Waals surface area (Å²) in [4.78, 5) is 20.2. The highest BCUT2D eigenvalue weighted by Crippen LogP contribution is 2.26. The second kappa shape index (κ2) is 9.69. The number of methoxy groups -OCH3 is 1. The lowest BCUT2D eigenvalue weighted by molar-refractivity contribution is -0.134. The van der Waals surface area contributed by atoms with Crippen LogP contribution in [0.1, 0.15) is 41.8 Å². The smallest absolute Gasteiger partial charge is 0.230 e. The van der Waals surface area contributed by atoms with Crippen molar-refractivity contribution >= 4 is 17.0 Å². The number of benzene rings is 3. The third kappa shape index (κ3) is 4.83. The van der Waals surface area contributed by atoms with Crippen LogP contribution in [0, 0.1) is 6.92 Å². The van der Waals surface area contributed by atoms with Crippen LogP contribution in [0.5, 0.6) is 5.75 Å². The molecule has 32 heavy (non-hydrogen) atoms. The number of rotatable bonds is 8. The van der Waals surface area contributed by atoms with Gasteiger partial charge in [-0.15, -0.1) is 0 Å². The summed E-state index contributed by atoms with van der Waals surface area (Å²) in [6.45, 7) is 4.84. The van der Waals surface area contributed by atoms with Crippen LogP contribution in [0.3, 0.4) is 0 Å². The largest absolute Gasteiger partial charge is 0.497 e. The molecule has 0 N–H and O–H groups in total. The number of nitrogens with zero attached hydrogens (tertiary/aromatic N) is 2. The van der Waals surface area contributed by atoms with Crippen LogP contribution in [-0.4, -0.2) is 22.9 Å². The van der Waals surface area contributed by atoms with Gasteiger partial charge in [-0.2, -0.15) is 0 Å². The Labute approximate surface area is 188 Å². The predicted molar refractivity (Wildman–Crippen MR) is 125 cm³/mol. The summed E-state index contributed by atoms with van der Waals surface area (Å²) in [6.07, 6.45) is 0.717. The molecule has 0 fully saturated rings. The number of aromatic nitrogens is 1. The normalized spacial score (nSPS) is 12.0. The zero-order valence-electron chi connectivity index (χ0n) is 18.7. The Hall–Kier alpha value is -3.60. The van der Waals surface area contributed by atoms with Crippen molar-refractivity contribution in [3.63, 3.8) is 0 Å². The Balaban J connectivity index is 1.64. The molecule has 1 aromatic heterocycles. The maximum atomic E-state index is 13.7. The lowest BCUT2D eigenvalue weighted by Gasteiger charge is -2.26. The molecular weight excluding hydrogens is 400 g/mol. The van der Waals surface area contributed by atoms with Crippen molar-refractivity contribution in [3.8, 4) is 5.75 Å². The number of amides is 1. The summed E-state index contributed by atoms with van der Waals surface area (Å²) in [6, 6.07) is 23.7. The van der Waals surface area contributed by atoms with Crippen molar-refractivity contribution < 1.29 is 13.9 Å². The molecule has 0 saturated heterocycles. The van der Waals surface area contributed by atoms with Gasteiger partial charge in [0.1, 0.15) is 11.3 Å². The van der Waals surface area contributed by atoms with Gasteiger partial charge in [0.25, 0.3) is 0 Å². The Morgan fingerprint density at radius 1 is 1.03 bits per heavy atom. The van der Waals surface area contributed by atoms with E-state index in [0.717, 1.165) is 33.5 Å². The van der Waals surface area contributed by atoms with Gasteiger partial charge in [0, 0.05) is 6.54 Å². The van der Waals surface area contributed by atoms with E-state index in [1.807, 2.05) is 91.5 Å². The van der Waals surface area contributed by atoms with E-state index in [2.05, 4.69) is 4.98 Å². The minimum Gasteiger partial charge on any atom is -0.497 e. The predicted octanol–water partition coefficient (Wildman–Crippen LogP) is 5.87. The van der Waals surface area contributed by atoms with Crippen molar-refractivity contribution in [2.45, 2.75) is 39.3 Å². The third-order valence-electron chi connectivity index (χ3n) is 5.67. The summed E-state index contributed by atoms with van der Waals surface area (Å²) >= 11 is 0. The average Bonchev–Trinajstić information content (AvgIpc) is 3.21. The first-order chi connectivity index (χ1) is 15.6. The molecule has 4 rings (SSSR count). The van der Waals surface area contributed by atoms with Crippen molar-refractivity contribution in [2.75, 3.05) is 7.11 Å². The fraction of sp³-hybridized carbons (Fsp3) is 0.259. The Kier molecular flexibility index (Phi) is 6.55. The summed E-state index contributed by atoms with van der Waals surface area (Å²) in [7, 11) is 1.64. The lowest BCUT2D eigenvalue weighted by Crippen LogP contribution is -2.34.